The van der Waals surface area contributed by atoms with Crippen molar-refractivity contribution in [2.75, 3.05) is 6.54 Å². The number of aryl methyl sites for hydroxylation is 1. The summed E-state index contributed by atoms with van der Waals surface area (Å²) in [7, 11) is 1.46. The maximum Gasteiger partial charge on any atom is 0.424 e. The second-order valence-electron chi connectivity index (χ2n) is 6.89. The zero-order chi connectivity index (χ0) is 17.3. The predicted molar refractivity (Wildman–Crippen MR) is 81.7 cm³/mol. The van der Waals surface area contributed by atoms with E-state index in [4.69, 9.17) is 0 Å². The summed E-state index contributed by atoms with van der Waals surface area (Å²) in [5.74, 6) is 0.863. The fraction of sp³-hybridized carbons (Fsp3) is 0.812. The third-order valence-electron chi connectivity index (χ3n) is 5.18. The van der Waals surface area contributed by atoms with Gasteiger partial charge in [0.1, 0.15) is 5.82 Å². The van der Waals surface area contributed by atoms with E-state index in [-0.39, 0.29) is 18.4 Å². The summed E-state index contributed by atoms with van der Waals surface area (Å²) in [6, 6.07) is 0.222. The average Bonchev–Trinajstić information content (AvgIpc) is 2.88. The Kier molecular flexibility index (Phi) is 5.41. The molecule has 4 nitrogen and oxygen atoms in total. The van der Waals surface area contributed by atoms with Gasteiger partial charge >= 0.3 is 6.18 Å². The number of halogens is 3. The van der Waals surface area contributed by atoms with Crippen molar-refractivity contribution in [3.8, 4) is 0 Å². The molecule has 23 heavy (non-hydrogen) atoms. The summed E-state index contributed by atoms with van der Waals surface area (Å²) >= 11 is 0. The Balaban J connectivity index is 1.99. The molecule has 0 spiro atoms. The molecule has 0 aromatic carbocycles. The zero-order valence-electron chi connectivity index (χ0n) is 13.9. The monoisotopic (exact) mass is 333 g/mol. The van der Waals surface area contributed by atoms with Crippen molar-refractivity contribution in [2.24, 2.45) is 18.9 Å². The van der Waals surface area contributed by atoms with Gasteiger partial charge in [0.2, 0.25) is 5.60 Å². The Bertz CT molecular complexity index is 517. The zero-order valence-corrected chi connectivity index (χ0v) is 13.9. The van der Waals surface area contributed by atoms with Crippen LogP contribution in [0.3, 0.4) is 0 Å². The van der Waals surface area contributed by atoms with Crippen LogP contribution in [0.5, 0.6) is 0 Å². The average molecular weight is 333 g/mol. The summed E-state index contributed by atoms with van der Waals surface area (Å²) in [6.07, 6.45) is 0.491. The van der Waals surface area contributed by atoms with Gasteiger partial charge in [0, 0.05) is 31.9 Å². The number of hydrogen-bond acceptors (Lipinski definition) is 3. The fourth-order valence-corrected chi connectivity index (χ4v) is 3.33. The molecule has 7 heteroatoms. The van der Waals surface area contributed by atoms with Crippen LogP contribution >= 0.6 is 0 Å². The molecule has 0 aliphatic heterocycles. The first-order valence-corrected chi connectivity index (χ1v) is 8.15. The number of alkyl halides is 3. The summed E-state index contributed by atoms with van der Waals surface area (Å²) in [4.78, 5) is 3.71. The fourth-order valence-electron chi connectivity index (χ4n) is 3.33. The smallest absolute Gasteiger partial charge is 0.374 e. The van der Waals surface area contributed by atoms with Crippen molar-refractivity contribution >= 4 is 0 Å². The first-order chi connectivity index (χ1) is 10.6. The Morgan fingerprint density at radius 1 is 1.30 bits per heavy atom. The minimum absolute atomic E-state index is 0.106. The van der Waals surface area contributed by atoms with E-state index in [0.717, 1.165) is 19.3 Å². The maximum absolute atomic E-state index is 13.4. The van der Waals surface area contributed by atoms with E-state index in [1.54, 1.807) is 0 Å². The number of nitrogens with zero attached hydrogens (tertiary/aromatic N) is 2. The van der Waals surface area contributed by atoms with Crippen molar-refractivity contribution in [3.05, 3.63) is 18.2 Å². The molecule has 0 bridgehead atoms. The lowest BCUT2D eigenvalue weighted by Crippen LogP contribution is -2.47. The summed E-state index contributed by atoms with van der Waals surface area (Å²) in [5, 5.41) is 13.4. The highest BCUT2D eigenvalue weighted by Crippen LogP contribution is 2.40. The number of hydrogen-bond donors (Lipinski definition) is 2. The molecule has 2 rings (SSSR count). The molecule has 1 aliphatic carbocycles. The Morgan fingerprint density at radius 2 is 2.00 bits per heavy atom. The maximum atomic E-state index is 13.4. The van der Waals surface area contributed by atoms with Gasteiger partial charge in [-0.25, -0.2) is 4.98 Å². The number of imidazole rings is 1. The van der Waals surface area contributed by atoms with Crippen molar-refractivity contribution in [3.63, 3.8) is 0 Å². The second-order valence-corrected chi connectivity index (χ2v) is 6.89. The standard InChI is InChI=1S/C16H26F3N3O/c1-11-4-5-13(10-12(11)2)20-7-6-15(23,16(17,18)19)14-21-8-9-22(14)3/h8-9,11-13,20,23H,4-7,10H2,1-3H3/t11-,12+,13+,15+/m1/s1. The molecule has 132 valence electrons. The molecule has 0 radical (unpaired) electrons. The van der Waals surface area contributed by atoms with Crippen molar-refractivity contribution < 1.29 is 18.3 Å². The third kappa shape index (κ3) is 3.88. The summed E-state index contributed by atoms with van der Waals surface area (Å²) in [5.41, 5.74) is -2.92. The van der Waals surface area contributed by atoms with Crippen LogP contribution < -0.4 is 5.32 Å². The van der Waals surface area contributed by atoms with Crippen LogP contribution in [0.1, 0.15) is 45.4 Å². The molecule has 1 aliphatic rings. The molecule has 1 saturated carbocycles. The third-order valence-corrected chi connectivity index (χ3v) is 5.18. The van der Waals surface area contributed by atoms with Crippen LogP contribution in [0.2, 0.25) is 0 Å². The van der Waals surface area contributed by atoms with Gasteiger partial charge in [-0.3, -0.25) is 0 Å². The van der Waals surface area contributed by atoms with Crippen molar-refractivity contribution in [2.45, 2.75) is 57.3 Å². The van der Waals surface area contributed by atoms with E-state index in [1.807, 2.05) is 0 Å². The highest BCUT2D eigenvalue weighted by molar-refractivity contribution is 5.08. The molecule has 0 amide bonds. The van der Waals surface area contributed by atoms with E-state index < -0.39 is 18.2 Å². The molecule has 1 aromatic heterocycles. The number of rotatable bonds is 5. The molecule has 2 N–H and O–H groups in total. The van der Waals surface area contributed by atoms with Crippen molar-refractivity contribution in [1.82, 2.24) is 14.9 Å². The van der Waals surface area contributed by atoms with Crippen LogP contribution in [0.15, 0.2) is 12.4 Å². The quantitative estimate of drug-likeness (QED) is 0.871. The molecule has 1 fully saturated rings. The first kappa shape index (κ1) is 18.3. The highest BCUT2D eigenvalue weighted by atomic mass is 19.4. The SMILES string of the molecule is C[C@@H]1CC[C@H](NCC[C@](O)(c2nccn2C)C(F)(F)F)C[C@@H]1C. The van der Waals surface area contributed by atoms with Gasteiger partial charge in [-0.1, -0.05) is 13.8 Å². The highest BCUT2D eigenvalue weighted by Gasteiger charge is 2.57. The normalized spacial score (nSPS) is 28.6. The largest absolute Gasteiger partial charge is 0.424 e. The van der Waals surface area contributed by atoms with Crippen LogP contribution in [-0.4, -0.2) is 33.4 Å². The van der Waals surface area contributed by atoms with Gasteiger partial charge in [0.25, 0.3) is 0 Å². The molecule has 1 aromatic rings. The van der Waals surface area contributed by atoms with Gasteiger partial charge in [-0.2, -0.15) is 13.2 Å². The minimum atomic E-state index is -4.76. The van der Waals surface area contributed by atoms with Gasteiger partial charge in [-0.05, 0) is 37.6 Å². The van der Waals surface area contributed by atoms with Gasteiger partial charge in [-0.15, -0.1) is 0 Å². The molecule has 1 heterocycles. The number of aromatic nitrogens is 2. The summed E-state index contributed by atoms with van der Waals surface area (Å²) < 4.78 is 41.4. The van der Waals surface area contributed by atoms with Gasteiger partial charge in [0.05, 0.1) is 0 Å². The number of nitrogens with one attached hydrogen (secondary N) is 1. The Labute approximate surface area is 135 Å². The van der Waals surface area contributed by atoms with E-state index in [0.29, 0.717) is 11.8 Å². The van der Waals surface area contributed by atoms with Gasteiger partial charge < -0.3 is 15.0 Å². The molecule has 0 unspecified atom stereocenters. The predicted octanol–water partition coefficient (Wildman–Crippen LogP) is 2.97. The molecule has 0 saturated heterocycles. The van der Waals surface area contributed by atoms with E-state index in [1.165, 1.54) is 24.0 Å². The molecule has 4 atom stereocenters. The second kappa shape index (κ2) is 6.81. The van der Waals surface area contributed by atoms with Crippen LogP contribution in [0.25, 0.3) is 0 Å². The lowest BCUT2D eigenvalue weighted by Gasteiger charge is -2.34. The topological polar surface area (TPSA) is 50.1 Å². The van der Waals surface area contributed by atoms with Crippen molar-refractivity contribution in [1.29, 1.82) is 0 Å². The molecular formula is C16H26F3N3O. The summed E-state index contributed by atoms with van der Waals surface area (Å²) in [6.45, 7) is 4.50. The van der Waals surface area contributed by atoms with Crippen LogP contribution in [-0.2, 0) is 12.6 Å². The van der Waals surface area contributed by atoms with Crippen LogP contribution in [0.4, 0.5) is 13.2 Å². The van der Waals surface area contributed by atoms with E-state index in [2.05, 4.69) is 24.1 Å². The van der Waals surface area contributed by atoms with Gasteiger partial charge in [0.15, 0.2) is 0 Å². The first-order valence-electron chi connectivity index (χ1n) is 8.15. The Hall–Kier alpha value is -1.08. The lowest BCUT2D eigenvalue weighted by molar-refractivity contribution is -0.272. The minimum Gasteiger partial charge on any atom is -0.374 e. The van der Waals surface area contributed by atoms with Crippen LogP contribution in [0, 0.1) is 11.8 Å². The molecular weight excluding hydrogens is 307 g/mol. The number of aliphatic hydroxyl groups is 1. The van der Waals surface area contributed by atoms with E-state index >= 15 is 0 Å². The van der Waals surface area contributed by atoms with E-state index in [9.17, 15) is 18.3 Å². The Morgan fingerprint density at radius 3 is 2.52 bits per heavy atom. The lowest BCUT2D eigenvalue weighted by atomic mass is 9.79.